The summed E-state index contributed by atoms with van der Waals surface area (Å²) in [7, 11) is 1.77. The average molecular weight is 293 g/mol. The van der Waals surface area contributed by atoms with Gasteiger partial charge in [-0.2, -0.15) is 5.10 Å². The van der Waals surface area contributed by atoms with Gasteiger partial charge >= 0.3 is 5.97 Å². The van der Waals surface area contributed by atoms with E-state index >= 15 is 0 Å². The molecular formula is C15H23N3O3. The third-order valence-corrected chi connectivity index (χ3v) is 4.27. The number of piperidine rings is 1. The normalized spacial score (nSPS) is 20.3. The number of likely N-dealkylation sites (tertiary alicyclic amines) is 1. The van der Waals surface area contributed by atoms with Crippen molar-refractivity contribution in [2.24, 2.45) is 18.9 Å². The van der Waals surface area contributed by atoms with Gasteiger partial charge in [-0.05, 0) is 37.7 Å². The SMILES string of the molecule is Cc1cc(C(=O)N2CCCC(C(C)CC(=O)O)C2)n(C)n1. The minimum Gasteiger partial charge on any atom is -0.481 e. The lowest BCUT2D eigenvalue weighted by Gasteiger charge is -2.35. The fourth-order valence-corrected chi connectivity index (χ4v) is 3.07. The largest absolute Gasteiger partial charge is 0.481 e. The van der Waals surface area contributed by atoms with Crippen LogP contribution in [0.4, 0.5) is 0 Å². The van der Waals surface area contributed by atoms with Gasteiger partial charge in [0.2, 0.25) is 0 Å². The Morgan fingerprint density at radius 1 is 1.52 bits per heavy atom. The second-order valence-electron chi connectivity index (χ2n) is 6.02. The van der Waals surface area contributed by atoms with E-state index in [4.69, 9.17) is 5.11 Å². The van der Waals surface area contributed by atoms with Crippen molar-refractivity contribution in [2.45, 2.75) is 33.1 Å². The monoisotopic (exact) mass is 293 g/mol. The summed E-state index contributed by atoms with van der Waals surface area (Å²) in [6, 6.07) is 1.80. The van der Waals surface area contributed by atoms with Gasteiger partial charge in [0.05, 0.1) is 5.69 Å². The summed E-state index contributed by atoms with van der Waals surface area (Å²) in [6.07, 6.45) is 2.08. The number of carboxylic acid groups (broad SMARTS) is 1. The topological polar surface area (TPSA) is 75.4 Å². The Kier molecular flexibility index (Phi) is 4.65. The first kappa shape index (κ1) is 15.5. The molecule has 1 aliphatic heterocycles. The molecule has 1 aromatic heterocycles. The van der Waals surface area contributed by atoms with Crippen LogP contribution in [0.1, 0.15) is 42.4 Å². The number of carboxylic acids is 1. The molecule has 0 aromatic carbocycles. The lowest BCUT2D eigenvalue weighted by Crippen LogP contribution is -2.42. The van der Waals surface area contributed by atoms with E-state index in [0.29, 0.717) is 12.2 Å². The summed E-state index contributed by atoms with van der Waals surface area (Å²) in [5.74, 6) is -0.432. The van der Waals surface area contributed by atoms with Crippen molar-refractivity contribution in [1.29, 1.82) is 0 Å². The second kappa shape index (κ2) is 6.28. The molecule has 6 nitrogen and oxygen atoms in total. The first-order valence-electron chi connectivity index (χ1n) is 7.40. The molecule has 1 aliphatic rings. The number of nitrogens with zero attached hydrogens (tertiary/aromatic N) is 3. The Bertz CT molecular complexity index is 538. The zero-order valence-corrected chi connectivity index (χ0v) is 12.9. The highest BCUT2D eigenvalue weighted by atomic mass is 16.4. The number of hydrogen-bond donors (Lipinski definition) is 1. The van der Waals surface area contributed by atoms with Crippen molar-refractivity contribution < 1.29 is 14.7 Å². The summed E-state index contributed by atoms with van der Waals surface area (Å²) < 4.78 is 1.61. The Labute approximate surface area is 124 Å². The van der Waals surface area contributed by atoms with Gasteiger partial charge in [-0.3, -0.25) is 14.3 Å². The van der Waals surface area contributed by atoms with Crippen LogP contribution in [-0.2, 0) is 11.8 Å². The molecule has 0 radical (unpaired) electrons. The van der Waals surface area contributed by atoms with Gasteiger partial charge < -0.3 is 10.0 Å². The number of aryl methyl sites for hydroxylation is 2. The smallest absolute Gasteiger partial charge is 0.303 e. The van der Waals surface area contributed by atoms with Crippen LogP contribution in [0.2, 0.25) is 0 Å². The highest BCUT2D eigenvalue weighted by molar-refractivity contribution is 5.92. The summed E-state index contributed by atoms with van der Waals surface area (Å²) in [5.41, 5.74) is 1.42. The number of amides is 1. The number of aliphatic carboxylic acids is 1. The second-order valence-corrected chi connectivity index (χ2v) is 6.02. The Hall–Kier alpha value is -1.85. The van der Waals surface area contributed by atoms with E-state index < -0.39 is 5.97 Å². The predicted molar refractivity (Wildman–Crippen MR) is 78.0 cm³/mol. The lowest BCUT2D eigenvalue weighted by molar-refractivity contribution is -0.138. The zero-order valence-electron chi connectivity index (χ0n) is 12.9. The molecule has 0 aliphatic carbocycles. The van der Waals surface area contributed by atoms with Crippen LogP contribution in [0.25, 0.3) is 0 Å². The molecule has 0 bridgehead atoms. The summed E-state index contributed by atoms with van der Waals surface area (Å²) in [4.78, 5) is 25.3. The van der Waals surface area contributed by atoms with Crippen molar-refractivity contribution >= 4 is 11.9 Å². The molecule has 21 heavy (non-hydrogen) atoms. The van der Waals surface area contributed by atoms with Gasteiger partial charge in [-0.15, -0.1) is 0 Å². The maximum absolute atomic E-state index is 12.6. The number of carbonyl (C=O) groups is 2. The number of hydrogen-bond acceptors (Lipinski definition) is 3. The van der Waals surface area contributed by atoms with Gasteiger partial charge in [0.25, 0.3) is 5.91 Å². The number of aromatic nitrogens is 2. The van der Waals surface area contributed by atoms with Crippen molar-refractivity contribution in [3.05, 3.63) is 17.5 Å². The van der Waals surface area contributed by atoms with Crippen LogP contribution in [0.15, 0.2) is 6.07 Å². The summed E-state index contributed by atoms with van der Waals surface area (Å²) in [6.45, 7) is 5.20. The lowest BCUT2D eigenvalue weighted by atomic mass is 9.84. The van der Waals surface area contributed by atoms with Crippen molar-refractivity contribution in [3.63, 3.8) is 0 Å². The average Bonchev–Trinajstić information content (AvgIpc) is 2.76. The first-order chi connectivity index (χ1) is 9.88. The van der Waals surface area contributed by atoms with Gasteiger partial charge in [0, 0.05) is 26.6 Å². The zero-order chi connectivity index (χ0) is 15.6. The molecule has 1 fully saturated rings. The fraction of sp³-hybridized carbons (Fsp3) is 0.667. The maximum atomic E-state index is 12.6. The van der Waals surface area contributed by atoms with E-state index in [2.05, 4.69) is 5.10 Å². The molecule has 1 amide bonds. The van der Waals surface area contributed by atoms with Gasteiger partial charge in [0.1, 0.15) is 5.69 Å². The van der Waals surface area contributed by atoms with Gasteiger partial charge in [0.15, 0.2) is 0 Å². The molecule has 6 heteroatoms. The van der Waals surface area contributed by atoms with Gasteiger partial charge in [-0.25, -0.2) is 0 Å². The summed E-state index contributed by atoms with van der Waals surface area (Å²) in [5, 5.41) is 13.1. The fourth-order valence-electron chi connectivity index (χ4n) is 3.07. The minimum absolute atomic E-state index is 0.00896. The Morgan fingerprint density at radius 3 is 2.81 bits per heavy atom. The molecule has 116 valence electrons. The molecule has 2 unspecified atom stereocenters. The molecule has 1 N–H and O–H groups in total. The van der Waals surface area contributed by atoms with Crippen LogP contribution >= 0.6 is 0 Å². The predicted octanol–water partition coefficient (Wildman–Crippen LogP) is 1.69. The van der Waals surface area contributed by atoms with Crippen LogP contribution < -0.4 is 0 Å². The molecule has 2 heterocycles. The van der Waals surface area contributed by atoms with E-state index in [9.17, 15) is 9.59 Å². The molecular weight excluding hydrogens is 270 g/mol. The molecule has 0 spiro atoms. The highest BCUT2D eigenvalue weighted by Gasteiger charge is 2.29. The number of rotatable bonds is 4. The number of carbonyl (C=O) groups excluding carboxylic acids is 1. The third kappa shape index (κ3) is 3.62. The third-order valence-electron chi connectivity index (χ3n) is 4.27. The van der Waals surface area contributed by atoms with Crippen LogP contribution in [-0.4, -0.2) is 44.8 Å². The molecule has 1 aromatic rings. The van der Waals surface area contributed by atoms with E-state index in [1.807, 2.05) is 18.7 Å². The van der Waals surface area contributed by atoms with Crippen molar-refractivity contribution in [2.75, 3.05) is 13.1 Å². The van der Waals surface area contributed by atoms with Gasteiger partial charge in [-0.1, -0.05) is 6.92 Å². The molecule has 2 rings (SSSR count). The van der Waals surface area contributed by atoms with Crippen molar-refractivity contribution in [3.8, 4) is 0 Å². The van der Waals surface area contributed by atoms with E-state index in [1.54, 1.807) is 17.8 Å². The van der Waals surface area contributed by atoms with Crippen LogP contribution in [0.3, 0.4) is 0 Å². The first-order valence-corrected chi connectivity index (χ1v) is 7.40. The molecule has 1 saturated heterocycles. The highest BCUT2D eigenvalue weighted by Crippen LogP contribution is 2.27. The minimum atomic E-state index is -0.770. The maximum Gasteiger partial charge on any atom is 0.303 e. The quantitative estimate of drug-likeness (QED) is 0.916. The van der Waals surface area contributed by atoms with E-state index in [0.717, 1.165) is 25.1 Å². The summed E-state index contributed by atoms with van der Waals surface area (Å²) >= 11 is 0. The van der Waals surface area contributed by atoms with Crippen LogP contribution in [0.5, 0.6) is 0 Å². The van der Waals surface area contributed by atoms with E-state index in [1.165, 1.54) is 0 Å². The van der Waals surface area contributed by atoms with Crippen molar-refractivity contribution in [1.82, 2.24) is 14.7 Å². The standard InChI is InChI=1S/C15H23N3O3/c1-10(7-14(19)20)12-5-4-6-18(9-12)15(21)13-8-11(2)16-17(13)3/h8,10,12H,4-7,9H2,1-3H3,(H,19,20). The molecule has 2 atom stereocenters. The van der Waals surface area contributed by atoms with Crippen LogP contribution in [0, 0.1) is 18.8 Å². The molecule has 0 saturated carbocycles. The van der Waals surface area contributed by atoms with E-state index in [-0.39, 0.29) is 24.2 Å². The Balaban J connectivity index is 2.05. The Morgan fingerprint density at radius 2 is 2.24 bits per heavy atom.